The van der Waals surface area contributed by atoms with E-state index < -0.39 is 42.4 Å². The third kappa shape index (κ3) is 3.92. The molecule has 2 aliphatic heterocycles. The summed E-state index contributed by atoms with van der Waals surface area (Å²) in [7, 11) is 0. The number of cyclic esters (lactones) is 1. The van der Waals surface area contributed by atoms with Crippen LogP contribution in [0.15, 0.2) is 18.2 Å². The Bertz CT molecular complexity index is 1060. The molecule has 2 heterocycles. The average Bonchev–Trinajstić information content (AvgIpc) is 3.06. The molecule has 4 aliphatic carbocycles. The first-order valence-corrected chi connectivity index (χ1v) is 12.0. The summed E-state index contributed by atoms with van der Waals surface area (Å²) in [4.78, 5) is 27.1. The standard InChI is InChI=1S/C23H24ClF3N2O6/c24-12-1-2-16-14(5-12)15(30)6-17(33-16)19(31)28-21-8-22(9-21,10-21)29-7-18(34-20(29)32)11-3-13(4-11)35-23(25,26)27/h1-2,5,11,13,15,17-18,30H,3-4,6-10H2,(H,28,31)/t11-,13+,15-,17+,18?,21?,22?/m1/s1. The van der Waals surface area contributed by atoms with E-state index in [1.807, 2.05) is 0 Å². The maximum atomic E-state index is 12.9. The van der Waals surface area contributed by atoms with Gasteiger partial charge in [-0.3, -0.25) is 14.4 Å². The number of nitrogens with one attached hydrogen (secondary N) is 1. The Labute approximate surface area is 203 Å². The average molecular weight is 517 g/mol. The maximum absolute atomic E-state index is 12.9. The van der Waals surface area contributed by atoms with E-state index >= 15 is 0 Å². The monoisotopic (exact) mass is 516 g/mol. The number of benzene rings is 1. The van der Waals surface area contributed by atoms with Gasteiger partial charge in [-0.2, -0.15) is 0 Å². The van der Waals surface area contributed by atoms with E-state index in [0.717, 1.165) is 0 Å². The minimum absolute atomic E-state index is 0.112. The van der Waals surface area contributed by atoms with Crippen molar-refractivity contribution in [2.75, 3.05) is 6.54 Å². The molecular formula is C23H24ClF3N2O6. The zero-order valence-electron chi connectivity index (χ0n) is 18.5. The minimum atomic E-state index is -4.66. The number of aliphatic hydroxyl groups excluding tert-OH is 1. The number of ether oxygens (including phenoxy) is 3. The number of carbonyl (C=O) groups is 2. The molecule has 2 N–H and O–H groups in total. The van der Waals surface area contributed by atoms with Crippen LogP contribution in [0.1, 0.15) is 50.2 Å². The van der Waals surface area contributed by atoms with E-state index in [2.05, 4.69) is 10.1 Å². The largest absolute Gasteiger partial charge is 0.522 e. The maximum Gasteiger partial charge on any atom is 0.522 e. The third-order valence-electron chi connectivity index (χ3n) is 8.09. The van der Waals surface area contributed by atoms with E-state index in [4.69, 9.17) is 21.1 Å². The fraction of sp³-hybridized carbons (Fsp3) is 0.652. The molecule has 1 aromatic carbocycles. The number of fused-ring (bicyclic) bond motifs is 1. The number of nitrogens with zero attached hydrogens (tertiary/aromatic N) is 1. The van der Waals surface area contributed by atoms with Gasteiger partial charge in [0, 0.05) is 28.5 Å². The molecule has 2 bridgehead atoms. The Morgan fingerprint density at radius 2 is 1.91 bits per heavy atom. The van der Waals surface area contributed by atoms with Crippen LogP contribution in [0.4, 0.5) is 18.0 Å². The summed E-state index contributed by atoms with van der Waals surface area (Å²) in [6.45, 7) is 0.337. The molecule has 3 atom stereocenters. The van der Waals surface area contributed by atoms with Gasteiger partial charge in [0.2, 0.25) is 0 Å². The Balaban J connectivity index is 1.01. The number of hydrogen-bond donors (Lipinski definition) is 2. The predicted octanol–water partition coefficient (Wildman–Crippen LogP) is 3.45. The number of alkyl halides is 3. The number of aliphatic hydroxyl groups is 1. The Morgan fingerprint density at radius 1 is 1.20 bits per heavy atom. The van der Waals surface area contributed by atoms with Crippen molar-refractivity contribution in [3.05, 3.63) is 28.8 Å². The molecule has 8 nitrogen and oxygen atoms in total. The lowest BCUT2D eigenvalue weighted by molar-refractivity contribution is -0.355. The van der Waals surface area contributed by atoms with Gasteiger partial charge in [-0.1, -0.05) is 11.6 Å². The summed E-state index contributed by atoms with van der Waals surface area (Å²) in [5.41, 5.74) is -0.261. The summed E-state index contributed by atoms with van der Waals surface area (Å²) in [5.74, 6) is -0.0398. The van der Waals surface area contributed by atoms with Crippen molar-refractivity contribution in [3.8, 4) is 5.75 Å². The second-order valence-corrected chi connectivity index (χ2v) is 11.0. The van der Waals surface area contributed by atoms with Gasteiger partial charge in [0.1, 0.15) is 11.9 Å². The molecule has 35 heavy (non-hydrogen) atoms. The molecule has 0 aromatic heterocycles. The molecule has 1 unspecified atom stereocenters. The fourth-order valence-electron chi connectivity index (χ4n) is 6.39. The van der Waals surface area contributed by atoms with Gasteiger partial charge in [-0.15, -0.1) is 13.2 Å². The lowest BCUT2D eigenvalue weighted by atomic mass is 9.43. The van der Waals surface area contributed by atoms with Crippen molar-refractivity contribution in [1.82, 2.24) is 10.2 Å². The first kappa shape index (κ1) is 23.2. The normalized spacial score (nSPS) is 39.4. The molecule has 1 saturated heterocycles. The molecule has 0 spiro atoms. The van der Waals surface area contributed by atoms with Crippen molar-refractivity contribution >= 4 is 23.6 Å². The van der Waals surface area contributed by atoms with Crippen LogP contribution < -0.4 is 10.1 Å². The van der Waals surface area contributed by atoms with E-state index in [1.165, 1.54) is 0 Å². The van der Waals surface area contributed by atoms with Gasteiger partial charge in [0.05, 0.1) is 24.3 Å². The number of halogens is 4. The number of carbonyl (C=O) groups excluding carboxylic acids is 2. The predicted molar refractivity (Wildman–Crippen MR) is 114 cm³/mol. The molecule has 0 radical (unpaired) electrons. The van der Waals surface area contributed by atoms with Gasteiger partial charge in [-0.25, -0.2) is 4.79 Å². The van der Waals surface area contributed by atoms with Gasteiger partial charge in [0.25, 0.3) is 5.91 Å². The Hall–Kier alpha value is -2.24. The van der Waals surface area contributed by atoms with Crippen molar-refractivity contribution in [3.63, 3.8) is 0 Å². The second-order valence-electron chi connectivity index (χ2n) is 10.5. The van der Waals surface area contributed by atoms with Crippen LogP contribution in [0, 0.1) is 5.92 Å². The van der Waals surface area contributed by atoms with Crippen LogP contribution in [0.25, 0.3) is 0 Å². The zero-order valence-corrected chi connectivity index (χ0v) is 19.3. The van der Waals surface area contributed by atoms with Crippen molar-refractivity contribution in [2.24, 2.45) is 5.92 Å². The lowest BCUT2D eigenvalue weighted by Gasteiger charge is -2.72. The molecule has 1 aromatic rings. The smallest absolute Gasteiger partial charge is 0.480 e. The number of hydrogen-bond acceptors (Lipinski definition) is 6. The lowest BCUT2D eigenvalue weighted by Crippen LogP contribution is -2.84. The topological polar surface area (TPSA) is 97.3 Å². The summed E-state index contributed by atoms with van der Waals surface area (Å²) in [6, 6.07) is 4.88. The van der Waals surface area contributed by atoms with Crippen molar-refractivity contribution in [2.45, 2.75) is 80.4 Å². The van der Waals surface area contributed by atoms with Gasteiger partial charge >= 0.3 is 12.5 Å². The Morgan fingerprint density at radius 3 is 2.60 bits per heavy atom. The van der Waals surface area contributed by atoms with E-state index in [0.29, 0.717) is 42.1 Å². The first-order chi connectivity index (χ1) is 16.4. The molecule has 7 rings (SSSR count). The van der Waals surface area contributed by atoms with E-state index in [-0.39, 0.29) is 36.6 Å². The fourth-order valence-corrected chi connectivity index (χ4v) is 6.57. The highest BCUT2D eigenvalue weighted by Crippen LogP contribution is 2.64. The van der Waals surface area contributed by atoms with E-state index in [9.17, 15) is 27.9 Å². The quantitative estimate of drug-likeness (QED) is 0.622. The SMILES string of the molecule is O=C(NC12CC(N3CC([C@H]4C[C@@H](OC(F)(F)F)C4)OC3=O)(C1)C2)[C@@H]1C[C@@H](O)c2cc(Cl)ccc2O1. The van der Waals surface area contributed by atoms with Crippen molar-refractivity contribution in [1.29, 1.82) is 0 Å². The summed E-state index contributed by atoms with van der Waals surface area (Å²) in [5, 5.41) is 13.9. The summed E-state index contributed by atoms with van der Waals surface area (Å²) in [6.07, 6.45) is -5.86. The first-order valence-electron chi connectivity index (χ1n) is 11.6. The Kier molecular flexibility index (Phi) is 5.05. The number of amides is 2. The van der Waals surface area contributed by atoms with E-state index in [1.54, 1.807) is 23.1 Å². The minimum Gasteiger partial charge on any atom is -0.480 e. The molecular weight excluding hydrogens is 493 g/mol. The van der Waals surface area contributed by atoms with Crippen LogP contribution in [0.3, 0.4) is 0 Å². The van der Waals surface area contributed by atoms with Crippen LogP contribution in [0.2, 0.25) is 5.02 Å². The highest BCUT2D eigenvalue weighted by atomic mass is 35.5. The zero-order chi connectivity index (χ0) is 24.8. The highest BCUT2D eigenvalue weighted by molar-refractivity contribution is 6.30. The second kappa shape index (κ2) is 7.63. The van der Waals surface area contributed by atoms with Crippen LogP contribution in [-0.2, 0) is 14.3 Å². The highest BCUT2D eigenvalue weighted by Gasteiger charge is 2.73. The van der Waals surface area contributed by atoms with Gasteiger partial charge in [0.15, 0.2) is 6.10 Å². The molecule has 6 aliphatic rings. The van der Waals surface area contributed by atoms with Crippen LogP contribution in [-0.4, -0.2) is 64.3 Å². The van der Waals surface area contributed by atoms with Crippen LogP contribution >= 0.6 is 11.6 Å². The molecule has 190 valence electrons. The molecule has 5 fully saturated rings. The summed E-state index contributed by atoms with van der Waals surface area (Å²) < 4.78 is 52.3. The van der Waals surface area contributed by atoms with Crippen molar-refractivity contribution < 1.29 is 42.1 Å². The third-order valence-corrected chi connectivity index (χ3v) is 8.32. The molecule has 4 saturated carbocycles. The number of rotatable bonds is 5. The molecule has 12 heteroatoms. The summed E-state index contributed by atoms with van der Waals surface area (Å²) >= 11 is 5.97. The van der Waals surface area contributed by atoms with Gasteiger partial charge < -0.3 is 19.9 Å². The van der Waals surface area contributed by atoms with Gasteiger partial charge in [-0.05, 0) is 50.3 Å². The van der Waals surface area contributed by atoms with Crippen LogP contribution in [0.5, 0.6) is 5.75 Å². The molecule has 2 amide bonds.